The van der Waals surface area contributed by atoms with Crippen molar-refractivity contribution in [3.63, 3.8) is 0 Å². The van der Waals surface area contributed by atoms with Crippen LogP contribution in [0.3, 0.4) is 0 Å². The monoisotopic (exact) mass is 298 g/mol. The molecule has 1 aromatic carbocycles. The van der Waals surface area contributed by atoms with Gasteiger partial charge >= 0.3 is 0 Å². The second kappa shape index (κ2) is 4.68. The molecule has 2 rings (SSSR count). The Morgan fingerprint density at radius 3 is 2.50 bits per heavy atom. The van der Waals surface area contributed by atoms with Gasteiger partial charge in [0.05, 0.1) is 4.83 Å². The van der Waals surface area contributed by atoms with Gasteiger partial charge in [-0.3, -0.25) is 0 Å². The average molecular weight is 299 g/mol. The fraction of sp³-hybridized carbons (Fsp3) is 0.231. The van der Waals surface area contributed by atoms with E-state index in [-0.39, 0.29) is 10.6 Å². The molecule has 0 N–H and O–H groups in total. The predicted molar refractivity (Wildman–Crippen MR) is 71.0 cm³/mol. The molecule has 0 bridgehead atoms. The molecule has 1 unspecified atom stereocenters. The summed E-state index contributed by atoms with van der Waals surface area (Å²) in [4.78, 5) is 2.70. The van der Waals surface area contributed by atoms with Gasteiger partial charge in [-0.2, -0.15) is 0 Å². The van der Waals surface area contributed by atoms with Crippen LogP contribution in [0, 0.1) is 19.7 Å². The molecule has 0 spiro atoms. The molecule has 0 saturated heterocycles. The van der Waals surface area contributed by atoms with Gasteiger partial charge in [-0.05, 0) is 43.2 Å². The van der Waals surface area contributed by atoms with Gasteiger partial charge in [0.2, 0.25) is 0 Å². The van der Waals surface area contributed by atoms with E-state index in [0.717, 1.165) is 5.56 Å². The number of thiophene rings is 1. The second-order valence-corrected chi connectivity index (χ2v) is 6.05. The van der Waals surface area contributed by atoms with E-state index in [1.807, 2.05) is 12.1 Å². The van der Waals surface area contributed by atoms with E-state index in [2.05, 4.69) is 35.0 Å². The van der Waals surface area contributed by atoms with Crippen molar-refractivity contribution in [1.82, 2.24) is 0 Å². The minimum absolute atomic E-state index is 0.147. The zero-order valence-electron chi connectivity index (χ0n) is 9.13. The second-order valence-electron chi connectivity index (χ2n) is 3.82. The van der Waals surface area contributed by atoms with Crippen LogP contribution in [0.2, 0.25) is 0 Å². The Morgan fingerprint density at radius 2 is 1.94 bits per heavy atom. The zero-order chi connectivity index (χ0) is 11.7. The summed E-state index contributed by atoms with van der Waals surface area (Å²) in [7, 11) is 0. The van der Waals surface area contributed by atoms with Gasteiger partial charge in [-0.25, -0.2) is 4.39 Å². The Hall–Kier alpha value is -0.670. The molecular weight excluding hydrogens is 287 g/mol. The third-order valence-electron chi connectivity index (χ3n) is 2.49. The van der Waals surface area contributed by atoms with Gasteiger partial charge in [0.1, 0.15) is 5.82 Å². The topological polar surface area (TPSA) is 0 Å². The van der Waals surface area contributed by atoms with E-state index in [1.165, 1.54) is 15.8 Å². The lowest BCUT2D eigenvalue weighted by atomic mass is 10.1. The van der Waals surface area contributed by atoms with Crippen LogP contribution in [0.15, 0.2) is 30.3 Å². The number of halogens is 2. The first-order valence-corrected chi connectivity index (χ1v) is 6.77. The smallest absolute Gasteiger partial charge is 0.126 e. The SMILES string of the molecule is Cc1ccc(C(Br)c2ccc(F)c(C)c2)s1. The van der Waals surface area contributed by atoms with Crippen molar-refractivity contribution < 1.29 is 4.39 Å². The predicted octanol–water partition coefficient (Wildman–Crippen LogP) is 4.99. The maximum Gasteiger partial charge on any atom is 0.126 e. The van der Waals surface area contributed by atoms with E-state index in [0.29, 0.717) is 5.56 Å². The normalized spacial score (nSPS) is 12.8. The Morgan fingerprint density at radius 1 is 1.19 bits per heavy atom. The van der Waals surface area contributed by atoms with Crippen LogP contribution >= 0.6 is 27.3 Å². The quantitative estimate of drug-likeness (QED) is 0.685. The van der Waals surface area contributed by atoms with Gasteiger partial charge < -0.3 is 0 Å². The van der Waals surface area contributed by atoms with Crippen LogP contribution in [0.5, 0.6) is 0 Å². The number of hydrogen-bond acceptors (Lipinski definition) is 1. The number of rotatable bonds is 2. The molecule has 2 aromatic rings. The minimum Gasteiger partial charge on any atom is -0.207 e. The Balaban J connectivity index is 2.33. The van der Waals surface area contributed by atoms with Crippen molar-refractivity contribution in [2.45, 2.75) is 18.7 Å². The average Bonchev–Trinajstić information content (AvgIpc) is 2.68. The van der Waals surface area contributed by atoms with Crippen molar-refractivity contribution in [3.05, 3.63) is 57.0 Å². The van der Waals surface area contributed by atoms with Crippen molar-refractivity contribution in [2.75, 3.05) is 0 Å². The lowest BCUT2D eigenvalue weighted by molar-refractivity contribution is 0.618. The third-order valence-corrected chi connectivity index (χ3v) is 4.88. The van der Waals surface area contributed by atoms with Gasteiger partial charge in [-0.15, -0.1) is 11.3 Å². The van der Waals surface area contributed by atoms with Crippen molar-refractivity contribution in [1.29, 1.82) is 0 Å². The van der Waals surface area contributed by atoms with Gasteiger partial charge in [0.25, 0.3) is 0 Å². The zero-order valence-corrected chi connectivity index (χ0v) is 11.5. The van der Waals surface area contributed by atoms with Crippen LogP contribution < -0.4 is 0 Å². The fourth-order valence-corrected chi connectivity index (χ4v) is 3.18. The minimum atomic E-state index is -0.147. The maximum atomic E-state index is 13.2. The summed E-state index contributed by atoms with van der Waals surface area (Å²) in [6.07, 6.45) is 0. The number of alkyl halides is 1. The maximum absolute atomic E-state index is 13.2. The highest BCUT2D eigenvalue weighted by molar-refractivity contribution is 9.09. The summed E-state index contributed by atoms with van der Waals surface area (Å²) in [6.45, 7) is 3.88. The summed E-state index contributed by atoms with van der Waals surface area (Å²) >= 11 is 5.41. The van der Waals surface area contributed by atoms with Gasteiger partial charge in [0.15, 0.2) is 0 Å². The Labute approximate surface area is 107 Å². The first-order valence-electron chi connectivity index (χ1n) is 5.04. The van der Waals surface area contributed by atoms with Crippen molar-refractivity contribution in [2.24, 2.45) is 0 Å². The Kier molecular flexibility index (Phi) is 3.45. The number of hydrogen-bond donors (Lipinski definition) is 0. The van der Waals surface area contributed by atoms with Crippen molar-refractivity contribution in [3.8, 4) is 0 Å². The molecule has 0 aliphatic rings. The number of aryl methyl sites for hydroxylation is 2. The molecule has 84 valence electrons. The summed E-state index contributed by atoms with van der Waals surface area (Å²) in [6, 6.07) is 9.46. The molecule has 0 aliphatic carbocycles. The van der Waals surface area contributed by atoms with Gasteiger partial charge in [-0.1, -0.05) is 28.1 Å². The highest BCUT2D eigenvalue weighted by atomic mass is 79.9. The molecule has 0 saturated carbocycles. The molecule has 1 heterocycles. The Bertz CT molecular complexity index is 504. The molecule has 0 nitrogen and oxygen atoms in total. The molecule has 0 fully saturated rings. The fourth-order valence-electron chi connectivity index (χ4n) is 1.58. The summed E-state index contributed by atoms with van der Waals surface area (Å²) in [5, 5.41) is 0. The first-order chi connectivity index (χ1) is 7.58. The molecular formula is C13H12BrFS. The van der Waals surface area contributed by atoms with Crippen LogP contribution in [0.1, 0.15) is 25.7 Å². The lowest BCUT2D eigenvalue weighted by Gasteiger charge is -2.09. The summed E-state index contributed by atoms with van der Waals surface area (Å²) < 4.78 is 13.2. The molecule has 1 aromatic heterocycles. The van der Waals surface area contributed by atoms with E-state index >= 15 is 0 Å². The largest absolute Gasteiger partial charge is 0.207 e. The van der Waals surface area contributed by atoms with E-state index in [4.69, 9.17) is 0 Å². The van der Waals surface area contributed by atoms with Crippen LogP contribution in [-0.4, -0.2) is 0 Å². The summed E-state index contributed by atoms with van der Waals surface area (Å²) in [5.41, 5.74) is 1.79. The first kappa shape index (κ1) is 11.8. The van der Waals surface area contributed by atoms with E-state index in [1.54, 1.807) is 18.3 Å². The highest BCUT2D eigenvalue weighted by Crippen LogP contribution is 2.35. The molecule has 0 amide bonds. The van der Waals surface area contributed by atoms with Crippen LogP contribution in [-0.2, 0) is 0 Å². The molecule has 0 aliphatic heterocycles. The summed E-state index contributed by atoms with van der Waals surface area (Å²) in [5.74, 6) is -0.147. The molecule has 3 heteroatoms. The van der Waals surface area contributed by atoms with Crippen LogP contribution in [0.4, 0.5) is 4.39 Å². The lowest BCUT2D eigenvalue weighted by Crippen LogP contribution is -1.92. The number of benzene rings is 1. The molecule has 1 atom stereocenters. The highest BCUT2D eigenvalue weighted by Gasteiger charge is 2.13. The third kappa shape index (κ3) is 2.36. The standard InChI is InChI=1S/C13H12BrFS/c1-8-7-10(4-5-11(8)15)13(14)12-6-3-9(2)16-12/h3-7,13H,1-2H3. The molecule has 16 heavy (non-hydrogen) atoms. The van der Waals surface area contributed by atoms with E-state index in [9.17, 15) is 4.39 Å². The van der Waals surface area contributed by atoms with Crippen LogP contribution in [0.25, 0.3) is 0 Å². The molecule has 0 radical (unpaired) electrons. The van der Waals surface area contributed by atoms with Gasteiger partial charge in [0, 0.05) is 9.75 Å². The van der Waals surface area contributed by atoms with Crippen molar-refractivity contribution >= 4 is 27.3 Å². The van der Waals surface area contributed by atoms with E-state index < -0.39 is 0 Å².